The van der Waals surface area contributed by atoms with E-state index in [9.17, 15) is 9.59 Å². The van der Waals surface area contributed by atoms with E-state index in [-0.39, 0.29) is 18.4 Å². The standard InChI is InChI=1S/C14H18N2O4/c1-14(2,3)20-13(18)16-11(7-12(16)17)10-6-5-9(19-4)8-15-10/h5-6,8,11H,7H2,1-4H3/t11-/m1/s1. The fourth-order valence-electron chi connectivity index (χ4n) is 1.90. The van der Waals surface area contributed by atoms with Gasteiger partial charge in [-0.15, -0.1) is 0 Å². The van der Waals surface area contributed by atoms with E-state index < -0.39 is 11.7 Å². The molecule has 0 spiro atoms. The van der Waals surface area contributed by atoms with Gasteiger partial charge in [0.2, 0.25) is 5.91 Å². The Hall–Kier alpha value is -2.11. The second-order valence-corrected chi connectivity index (χ2v) is 5.59. The lowest BCUT2D eigenvalue weighted by Crippen LogP contribution is -2.51. The van der Waals surface area contributed by atoms with Crippen LogP contribution in [0.25, 0.3) is 0 Å². The Kier molecular flexibility index (Phi) is 3.65. The summed E-state index contributed by atoms with van der Waals surface area (Å²) < 4.78 is 10.2. The van der Waals surface area contributed by atoms with E-state index >= 15 is 0 Å². The predicted molar refractivity (Wildman–Crippen MR) is 71.2 cm³/mol. The molecule has 2 heterocycles. The van der Waals surface area contributed by atoms with Gasteiger partial charge >= 0.3 is 6.09 Å². The van der Waals surface area contributed by atoms with Crippen LogP contribution in [0.15, 0.2) is 18.3 Å². The molecule has 1 aromatic rings. The third kappa shape index (κ3) is 2.89. The number of likely N-dealkylation sites (tertiary alicyclic amines) is 1. The Morgan fingerprint density at radius 2 is 2.10 bits per heavy atom. The number of imide groups is 1. The molecule has 2 rings (SSSR count). The molecule has 1 aliphatic rings. The minimum Gasteiger partial charge on any atom is -0.495 e. The summed E-state index contributed by atoms with van der Waals surface area (Å²) in [6.45, 7) is 5.28. The number of nitrogens with zero attached hydrogens (tertiary/aromatic N) is 2. The van der Waals surface area contributed by atoms with Gasteiger partial charge in [-0.3, -0.25) is 9.78 Å². The third-order valence-corrected chi connectivity index (χ3v) is 2.87. The highest BCUT2D eigenvalue weighted by Gasteiger charge is 2.44. The number of aromatic nitrogens is 1. The molecule has 1 saturated heterocycles. The number of β-lactam (4-membered cyclic amide) rings is 1. The van der Waals surface area contributed by atoms with Crippen molar-refractivity contribution in [1.82, 2.24) is 9.88 Å². The van der Waals surface area contributed by atoms with Crippen molar-refractivity contribution in [1.29, 1.82) is 0 Å². The summed E-state index contributed by atoms with van der Waals surface area (Å²) in [7, 11) is 1.55. The van der Waals surface area contributed by atoms with Crippen LogP contribution in [0.2, 0.25) is 0 Å². The largest absolute Gasteiger partial charge is 0.495 e. The Labute approximate surface area is 117 Å². The van der Waals surface area contributed by atoms with Crippen molar-refractivity contribution in [3.63, 3.8) is 0 Å². The lowest BCUT2D eigenvalue weighted by atomic mass is 9.99. The van der Waals surface area contributed by atoms with Gasteiger partial charge in [-0.2, -0.15) is 0 Å². The van der Waals surface area contributed by atoms with Crippen LogP contribution < -0.4 is 4.74 Å². The third-order valence-electron chi connectivity index (χ3n) is 2.87. The molecule has 0 radical (unpaired) electrons. The number of hydrogen-bond acceptors (Lipinski definition) is 5. The molecule has 6 heteroatoms. The second kappa shape index (κ2) is 5.11. The van der Waals surface area contributed by atoms with Crippen LogP contribution in [-0.2, 0) is 9.53 Å². The summed E-state index contributed by atoms with van der Waals surface area (Å²) >= 11 is 0. The van der Waals surface area contributed by atoms with E-state index in [1.54, 1.807) is 46.2 Å². The first-order chi connectivity index (χ1) is 9.31. The quantitative estimate of drug-likeness (QED) is 0.776. The number of rotatable bonds is 2. The van der Waals surface area contributed by atoms with E-state index in [4.69, 9.17) is 9.47 Å². The first-order valence-electron chi connectivity index (χ1n) is 6.37. The number of amides is 2. The molecule has 0 aliphatic carbocycles. The molecule has 0 bridgehead atoms. The molecule has 0 N–H and O–H groups in total. The number of carbonyl (C=O) groups excluding carboxylic acids is 2. The zero-order valence-corrected chi connectivity index (χ0v) is 12.0. The number of pyridine rings is 1. The first kappa shape index (κ1) is 14.3. The van der Waals surface area contributed by atoms with Crippen molar-refractivity contribution in [2.45, 2.75) is 38.8 Å². The van der Waals surface area contributed by atoms with E-state index in [2.05, 4.69) is 4.98 Å². The summed E-state index contributed by atoms with van der Waals surface area (Å²) in [6, 6.07) is 3.13. The molecule has 6 nitrogen and oxygen atoms in total. The Morgan fingerprint density at radius 3 is 2.55 bits per heavy atom. The molecule has 1 fully saturated rings. The fourth-order valence-corrected chi connectivity index (χ4v) is 1.90. The molecular formula is C14H18N2O4. The van der Waals surface area contributed by atoms with Gasteiger partial charge < -0.3 is 9.47 Å². The van der Waals surface area contributed by atoms with Gasteiger partial charge in [0, 0.05) is 0 Å². The average Bonchev–Trinajstić information content (AvgIpc) is 2.33. The zero-order chi connectivity index (χ0) is 14.9. The summed E-state index contributed by atoms with van der Waals surface area (Å²) in [5.41, 5.74) is 0.0152. The monoisotopic (exact) mass is 278 g/mol. The minimum atomic E-state index is -0.634. The van der Waals surface area contributed by atoms with Gasteiger partial charge in [0.15, 0.2) is 0 Å². The van der Waals surface area contributed by atoms with Crippen LogP contribution in [0.5, 0.6) is 5.75 Å². The predicted octanol–water partition coefficient (Wildman–Crippen LogP) is 2.30. The van der Waals surface area contributed by atoms with Gasteiger partial charge in [0.1, 0.15) is 11.4 Å². The van der Waals surface area contributed by atoms with Gasteiger partial charge in [0.05, 0.1) is 31.5 Å². The van der Waals surface area contributed by atoms with E-state index in [1.807, 2.05) is 0 Å². The number of carbonyl (C=O) groups is 2. The molecule has 20 heavy (non-hydrogen) atoms. The molecule has 1 aliphatic heterocycles. The number of methoxy groups -OCH3 is 1. The van der Waals surface area contributed by atoms with Gasteiger partial charge in [-0.05, 0) is 32.9 Å². The SMILES string of the molecule is COc1ccc([C@H]2CC(=O)N2C(=O)OC(C)(C)C)nc1. The molecule has 2 amide bonds. The topological polar surface area (TPSA) is 68.7 Å². The summed E-state index contributed by atoms with van der Waals surface area (Å²) in [4.78, 5) is 28.9. The lowest BCUT2D eigenvalue weighted by molar-refractivity contribution is -0.144. The van der Waals surface area contributed by atoms with Crippen molar-refractivity contribution >= 4 is 12.0 Å². The molecule has 0 unspecified atom stereocenters. The normalized spacial score (nSPS) is 18.5. The maximum atomic E-state index is 12.0. The Balaban J connectivity index is 2.12. The van der Waals surface area contributed by atoms with Crippen LogP contribution in [0, 0.1) is 0 Å². The molecular weight excluding hydrogens is 260 g/mol. The highest BCUT2D eigenvalue weighted by atomic mass is 16.6. The van der Waals surface area contributed by atoms with Gasteiger partial charge in [0.25, 0.3) is 0 Å². The first-order valence-corrected chi connectivity index (χ1v) is 6.37. The highest BCUT2D eigenvalue weighted by molar-refractivity contribution is 5.97. The molecule has 1 atom stereocenters. The summed E-state index contributed by atoms with van der Waals surface area (Å²) in [5.74, 6) is 0.380. The van der Waals surface area contributed by atoms with Crippen molar-refractivity contribution < 1.29 is 19.1 Å². The summed E-state index contributed by atoms with van der Waals surface area (Å²) in [5, 5.41) is 0. The Morgan fingerprint density at radius 1 is 1.40 bits per heavy atom. The average molecular weight is 278 g/mol. The van der Waals surface area contributed by atoms with E-state index in [0.29, 0.717) is 11.4 Å². The van der Waals surface area contributed by atoms with Crippen LogP contribution in [0.4, 0.5) is 4.79 Å². The second-order valence-electron chi connectivity index (χ2n) is 5.59. The number of hydrogen-bond donors (Lipinski definition) is 0. The number of ether oxygens (including phenoxy) is 2. The molecule has 0 aromatic carbocycles. The maximum Gasteiger partial charge on any atom is 0.417 e. The lowest BCUT2D eigenvalue weighted by Gasteiger charge is -2.38. The van der Waals surface area contributed by atoms with Crippen molar-refractivity contribution in [2.24, 2.45) is 0 Å². The Bertz CT molecular complexity index is 519. The van der Waals surface area contributed by atoms with E-state index in [0.717, 1.165) is 4.90 Å². The van der Waals surface area contributed by atoms with E-state index in [1.165, 1.54) is 0 Å². The van der Waals surface area contributed by atoms with Gasteiger partial charge in [-0.1, -0.05) is 0 Å². The smallest absolute Gasteiger partial charge is 0.417 e. The molecule has 108 valence electrons. The van der Waals surface area contributed by atoms with Gasteiger partial charge in [-0.25, -0.2) is 9.69 Å². The molecule has 1 aromatic heterocycles. The van der Waals surface area contributed by atoms with Crippen molar-refractivity contribution in [2.75, 3.05) is 7.11 Å². The zero-order valence-electron chi connectivity index (χ0n) is 12.0. The van der Waals surface area contributed by atoms with Crippen molar-refractivity contribution in [3.8, 4) is 5.75 Å². The van der Waals surface area contributed by atoms with Crippen LogP contribution in [0.3, 0.4) is 0 Å². The maximum absolute atomic E-state index is 12.0. The van der Waals surface area contributed by atoms with Crippen LogP contribution >= 0.6 is 0 Å². The molecule has 0 saturated carbocycles. The van der Waals surface area contributed by atoms with Crippen LogP contribution in [-0.4, -0.2) is 34.6 Å². The highest BCUT2D eigenvalue weighted by Crippen LogP contribution is 2.35. The fraction of sp³-hybridized carbons (Fsp3) is 0.500. The van der Waals surface area contributed by atoms with Crippen LogP contribution in [0.1, 0.15) is 38.9 Å². The minimum absolute atomic E-state index is 0.248. The summed E-state index contributed by atoms with van der Waals surface area (Å²) in [6.07, 6.45) is 1.20. The van der Waals surface area contributed by atoms with Crippen molar-refractivity contribution in [3.05, 3.63) is 24.0 Å².